The van der Waals surface area contributed by atoms with Gasteiger partial charge in [0.2, 0.25) is 0 Å². The van der Waals surface area contributed by atoms with Gasteiger partial charge in [0.25, 0.3) is 0 Å². The molecule has 4 aromatic rings. The lowest BCUT2D eigenvalue weighted by Gasteiger charge is -2.02. The summed E-state index contributed by atoms with van der Waals surface area (Å²) in [4.78, 5) is 1.28. The normalized spacial score (nSPS) is 12.4. The van der Waals surface area contributed by atoms with Crippen LogP contribution >= 0.6 is 11.8 Å². The number of thioether (sulfide) groups is 1. The summed E-state index contributed by atoms with van der Waals surface area (Å²) in [6.45, 7) is 0.861. The molecule has 2 aromatic heterocycles. The van der Waals surface area contributed by atoms with Gasteiger partial charge in [-0.2, -0.15) is 0 Å². The predicted octanol–water partition coefficient (Wildman–Crippen LogP) is 2.00. The van der Waals surface area contributed by atoms with Crippen LogP contribution in [0.2, 0.25) is 0 Å². The smallest absolute Gasteiger partial charge is 0.173 e. The fraction of sp³-hybridized carbons (Fsp3) is 0.130. The van der Waals surface area contributed by atoms with Gasteiger partial charge in [-0.3, -0.25) is 0 Å². The Morgan fingerprint density at radius 2 is 1.68 bits per heavy atom. The molecule has 0 N–H and O–H groups in total. The number of pyridine rings is 1. The Balaban J connectivity index is 0.00000192. The first-order valence-corrected chi connectivity index (χ1v) is 10.1. The summed E-state index contributed by atoms with van der Waals surface area (Å²) in [5.41, 5.74) is 5.76. The van der Waals surface area contributed by atoms with Crippen molar-refractivity contribution in [1.82, 2.24) is 5.16 Å². The van der Waals surface area contributed by atoms with E-state index in [-0.39, 0.29) is 12.4 Å². The second-order valence-corrected chi connectivity index (χ2v) is 7.81. The number of fused-ring (bicyclic) bond motifs is 3. The van der Waals surface area contributed by atoms with E-state index >= 15 is 0 Å². The fourth-order valence-corrected chi connectivity index (χ4v) is 4.56. The van der Waals surface area contributed by atoms with E-state index in [0.717, 1.165) is 35.7 Å². The van der Waals surface area contributed by atoms with Crippen molar-refractivity contribution in [2.24, 2.45) is 0 Å². The average Bonchev–Trinajstić information content (AvgIpc) is 3.05. The third-order valence-corrected chi connectivity index (χ3v) is 5.98. The van der Waals surface area contributed by atoms with E-state index < -0.39 is 0 Å². The van der Waals surface area contributed by atoms with E-state index in [1.54, 1.807) is 0 Å². The number of hydrogen-bond donors (Lipinski definition) is 0. The SMILES string of the molecule is [Cl-].c1ccc(C[n+]2ccc(-c3onc4c3CCSc3ccccc3-4)cc2)cc1. The molecule has 0 saturated heterocycles. The van der Waals surface area contributed by atoms with E-state index in [9.17, 15) is 0 Å². The van der Waals surface area contributed by atoms with Crippen molar-refractivity contribution in [2.45, 2.75) is 17.9 Å². The molecule has 5 heteroatoms. The molecule has 0 spiro atoms. The zero-order chi connectivity index (χ0) is 18.1. The summed E-state index contributed by atoms with van der Waals surface area (Å²) in [7, 11) is 0. The van der Waals surface area contributed by atoms with Crippen LogP contribution in [0.5, 0.6) is 0 Å². The first-order chi connectivity index (χ1) is 13.4. The van der Waals surface area contributed by atoms with E-state index in [1.807, 2.05) is 17.8 Å². The highest BCUT2D eigenvalue weighted by molar-refractivity contribution is 7.99. The topological polar surface area (TPSA) is 29.9 Å². The maximum absolute atomic E-state index is 5.81. The molecule has 28 heavy (non-hydrogen) atoms. The van der Waals surface area contributed by atoms with Crippen LogP contribution in [-0.4, -0.2) is 10.9 Å². The van der Waals surface area contributed by atoms with E-state index in [2.05, 4.69) is 82.8 Å². The number of aromatic nitrogens is 2. The largest absolute Gasteiger partial charge is 1.00 e. The number of nitrogens with zero attached hydrogens (tertiary/aromatic N) is 2. The number of halogens is 1. The minimum atomic E-state index is 0. The molecule has 2 aromatic carbocycles. The zero-order valence-electron chi connectivity index (χ0n) is 15.2. The van der Waals surface area contributed by atoms with Crippen LogP contribution in [0, 0.1) is 0 Å². The molecule has 0 amide bonds. The van der Waals surface area contributed by atoms with Crippen molar-refractivity contribution in [3.63, 3.8) is 0 Å². The second kappa shape index (κ2) is 8.21. The maximum atomic E-state index is 5.81. The molecular formula is C23H19ClN2OS. The Kier molecular flexibility index (Phi) is 5.51. The molecule has 0 fully saturated rings. The molecule has 0 radical (unpaired) electrons. The minimum Gasteiger partial charge on any atom is -1.00 e. The molecule has 3 heterocycles. The Hall–Kier alpha value is -2.56. The summed E-state index contributed by atoms with van der Waals surface area (Å²) in [5, 5.41) is 4.43. The van der Waals surface area contributed by atoms with Crippen LogP contribution in [0.3, 0.4) is 0 Å². The monoisotopic (exact) mass is 406 g/mol. The van der Waals surface area contributed by atoms with Crippen molar-refractivity contribution >= 4 is 11.8 Å². The second-order valence-electron chi connectivity index (χ2n) is 6.68. The Morgan fingerprint density at radius 3 is 2.50 bits per heavy atom. The lowest BCUT2D eigenvalue weighted by atomic mass is 10.0. The molecule has 1 aliphatic rings. The number of benzene rings is 2. The van der Waals surface area contributed by atoms with Gasteiger partial charge in [-0.05, 0) is 12.5 Å². The van der Waals surface area contributed by atoms with Gasteiger partial charge in [0.1, 0.15) is 5.69 Å². The molecule has 3 nitrogen and oxygen atoms in total. The molecule has 0 atom stereocenters. The van der Waals surface area contributed by atoms with Gasteiger partial charge in [-0.1, -0.05) is 53.7 Å². The van der Waals surface area contributed by atoms with Crippen molar-refractivity contribution in [3.8, 4) is 22.6 Å². The first-order valence-electron chi connectivity index (χ1n) is 9.12. The van der Waals surface area contributed by atoms with Crippen molar-refractivity contribution in [2.75, 3.05) is 5.75 Å². The van der Waals surface area contributed by atoms with Crippen LogP contribution in [0.15, 0.2) is 88.5 Å². The number of hydrogen-bond acceptors (Lipinski definition) is 3. The lowest BCUT2D eigenvalue weighted by Crippen LogP contribution is -3.00. The highest BCUT2D eigenvalue weighted by atomic mass is 35.5. The average molecular weight is 407 g/mol. The molecule has 140 valence electrons. The quantitative estimate of drug-likeness (QED) is 0.487. The maximum Gasteiger partial charge on any atom is 0.173 e. The number of rotatable bonds is 3. The molecule has 0 aliphatic carbocycles. The molecule has 1 aliphatic heterocycles. The highest BCUT2D eigenvalue weighted by Gasteiger charge is 2.23. The van der Waals surface area contributed by atoms with Gasteiger partial charge in [-0.25, -0.2) is 4.57 Å². The molecule has 0 saturated carbocycles. The predicted molar refractivity (Wildman–Crippen MR) is 108 cm³/mol. The summed E-state index contributed by atoms with van der Waals surface area (Å²) in [5.74, 6) is 1.94. The summed E-state index contributed by atoms with van der Waals surface area (Å²) in [6, 6.07) is 23.2. The fourth-order valence-electron chi connectivity index (χ4n) is 3.54. The summed E-state index contributed by atoms with van der Waals surface area (Å²) >= 11 is 1.89. The first kappa shape index (κ1) is 18.8. The summed E-state index contributed by atoms with van der Waals surface area (Å²) < 4.78 is 7.99. The Morgan fingerprint density at radius 1 is 0.929 bits per heavy atom. The van der Waals surface area contributed by atoms with Gasteiger partial charge in [0.15, 0.2) is 24.7 Å². The Bertz CT molecular complexity index is 1080. The van der Waals surface area contributed by atoms with Crippen LogP contribution in [0.1, 0.15) is 11.1 Å². The van der Waals surface area contributed by atoms with Crippen LogP contribution in [-0.2, 0) is 13.0 Å². The van der Waals surface area contributed by atoms with Crippen LogP contribution in [0.25, 0.3) is 22.6 Å². The van der Waals surface area contributed by atoms with E-state index in [1.165, 1.54) is 21.6 Å². The molecule has 5 rings (SSSR count). The van der Waals surface area contributed by atoms with Crippen molar-refractivity contribution in [1.29, 1.82) is 0 Å². The van der Waals surface area contributed by atoms with E-state index in [4.69, 9.17) is 4.52 Å². The molecule has 0 unspecified atom stereocenters. The summed E-state index contributed by atoms with van der Waals surface area (Å²) in [6.07, 6.45) is 5.18. The van der Waals surface area contributed by atoms with Gasteiger partial charge in [-0.15, -0.1) is 11.8 Å². The zero-order valence-corrected chi connectivity index (χ0v) is 16.8. The van der Waals surface area contributed by atoms with Crippen molar-refractivity contribution in [3.05, 3.63) is 90.3 Å². The minimum absolute atomic E-state index is 0. The van der Waals surface area contributed by atoms with Crippen LogP contribution < -0.4 is 17.0 Å². The van der Waals surface area contributed by atoms with Gasteiger partial charge in [0, 0.05) is 45.0 Å². The third-order valence-electron chi connectivity index (χ3n) is 4.90. The van der Waals surface area contributed by atoms with Crippen molar-refractivity contribution < 1.29 is 21.5 Å². The third kappa shape index (κ3) is 3.58. The molecule has 0 bridgehead atoms. The van der Waals surface area contributed by atoms with Gasteiger partial charge < -0.3 is 16.9 Å². The van der Waals surface area contributed by atoms with Gasteiger partial charge >= 0.3 is 0 Å². The highest BCUT2D eigenvalue weighted by Crippen LogP contribution is 2.40. The molecular weight excluding hydrogens is 388 g/mol. The van der Waals surface area contributed by atoms with Gasteiger partial charge in [0.05, 0.1) is 0 Å². The Labute approximate surface area is 174 Å². The van der Waals surface area contributed by atoms with Crippen LogP contribution in [0.4, 0.5) is 0 Å². The van der Waals surface area contributed by atoms with E-state index in [0.29, 0.717) is 0 Å². The lowest BCUT2D eigenvalue weighted by molar-refractivity contribution is -0.688. The standard InChI is InChI=1S/C23H19N2OS.ClH/c1-2-6-17(7-3-1)16-25-13-10-18(11-14-25)23-20-12-15-27-21-9-5-4-8-19(21)22(20)24-26-23;/h1-11,13-14H,12,15-16H2;1H/q+1;/p-1.